The van der Waals surface area contributed by atoms with Gasteiger partial charge in [-0.1, -0.05) is 169 Å². The van der Waals surface area contributed by atoms with Crippen molar-refractivity contribution in [3.8, 4) is 44.5 Å². The topological polar surface area (TPSA) is 16.4 Å². The molecule has 10 rings (SSSR count). The number of anilines is 3. The summed E-state index contributed by atoms with van der Waals surface area (Å²) >= 11 is 0. The zero-order chi connectivity index (χ0) is 66.3. The first kappa shape index (κ1) is 11.9. The number of benzene rings is 9. The molecule has 0 saturated carbocycles. The van der Waals surface area contributed by atoms with Gasteiger partial charge in [0.2, 0.25) is 0 Å². The zero-order valence-electron chi connectivity index (χ0n) is 61.9. The van der Waals surface area contributed by atoms with Gasteiger partial charge in [-0.05, 0) is 86.6 Å². The molecule has 0 radical (unpaired) electrons. The van der Waals surface area contributed by atoms with Crippen molar-refractivity contribution in [1.82, 2.24) is 0 Å². The Hall–Kier alpha value is -7.16. The first-order valence-corrected chi connectivity index (χ1v) is 15.6. The van der Waals surface area contributed by atoms with Gasteiger partial charge >= 0.3 is 0 Å². The molecule has 2 heteroatoms. The van der Waals surface area contributed by atoms with Crippen LogP contribution in [0.4, 0.5) is 17.1 Å². The third-order valence-electron chi connectivity index (χ3n) is 7.87. The van der Waals surface area contributed by atoms with Crippen LogP contribution in [0.3, 0.4) is 0 Å². The summed E-state index contributed by atoms with van der Waals surface area (Å²) in [4.78, 5) is 0.251. The number of nitrogens with zero attached hydrogens (tertiary/aromatic N) is 1. The summed E-state index contributed by atoms with van der Waals surface area (Å²) < 4.78 is 322. The van der Waals surface area contributed by atoms with E-state index in [0.717, 1.165) is 0 Å². The summed E-state index contributed by atoms with van der Waals surface area (Å²) in [6.45, 7) is 0. The molecule has 0 N–H and O–H groups in total. The third-order valence-corrected chi connectivity index (χ3v) is 7.87. The highest BCUT2D eigenvalue weighted by molar-refractivity contribution is 6.16. The van der Waals surface area contributed by atoms with Crippen molar-refractivity contribution in [3.05, 3.63) is 211 Å². The van der Waals surface area contributed by atoms with E-state index >= 15 is 0 Å². The van der Waals surface area contributed by atoms with E-state index in [1.807, 2.05) is 0 Å². The lowest BCUT2D eigenvalue weighted by molar-refractivity contribution is 0.673. The van der Waals surface area contributed by atoms with Crippen LogP contribution >= 0.6 is 0 Å². The Kier molecular flexibility index (Phi) is 2.97. The molecule has 0 atom stereocenters. The van der Waals surface area contributed by atoms with Crippen molar-refractivity contribution in [3.63, 3.8) is 0 Å². The van der Waals surface area contributed by atoms with E-state index in [4.69, 9.17) is 31.8 Å². The van der Waals surface area contributed by atoms with Crippen LogP contribution in [-0.2, 0) is 0 Å². The maximum Gasteiger partial charge on any atom is 0.143 e. The zero-order valence-corrected chi connectivity index (χ0v) is 26.9. The first-order valence-electron chi connectivity index (χ1n) is 33.1. The van der Waals surface area contributed by atoms with Crippen LogP contribution in [-0.4, -0.2) is 0 Å². The fourth-order valence-corrected chi connectivity index (χ4v) is 5.45. The molecule has 0 bridgehead atoms. The molecule has 0 spiro atoms. The monoisotopic (exact) mass is 724 g/mol. The molecule has 0 unspecified atom stereocenters. The highest BCUT2D eigenvalue weighted by atomic mass is 16.3. The van der Waals surface area contributed by atoms with E-state index in [1.165, 1.54) is 0 Å². The fourth-order valence-electron chi connectivity index (χ4n) is 5.45. The fraction of sp³-hybridized carbons (Fsp3) is 0. The Labute approximate surface area is 364 Å². The smallest absolute Gasteiger partial charge is 0.143 e. The highest BCUT2D eigenvalue weighted by Gasteiger charge is 2.22. The lowest BCUT2D eigenvalue weighted by Gasteiger charge is -2.28. The minimum Gasteiger partial charge on any atom is -0.455 e. The lowest BCUT2D eigenvalue weighted by atomic mass is 9.96. The van der Waals surface area contributed by atoms with E-state index in [1.54, 1.807) is 0 Å². The van der Waals surface area contributed by atoms with Crippen molar-refractivity contribution < 1.29 is 52.4 Å². The van der Waals surface area contributed by atoms with Crippen molar-refractivity contribution in [2.75, 3.05) is 4.90 Å². The molecule has 2 nitrogen and oxygen atoms in total. The van der Waals surface area contributed by atoms with Gasteiger partial charge in [0.15, 0.2) is 0 Å². The number of fused-ring (bicyclic) bond motifs is 5. The van der Waals surface area contributed by atoms with Gasteiger partial charge in [-0.3, -0.25) is 0 Å². The van der Waals surface area contributed by atoms with Gasteiger partial charge in [0, 0.05) is 33.1 Å². The second-order valence-corrected chi connectivity index (χ2v) is 11.0. The quantitative estimate of drug-likeness (QED) is 0.163. The van der Waals surface area contributed by atoms with Crippen LogP contribution in [0.2, 0.25) is 0 Å². The molecule has 0 amide bonds. The predicted molar refractivity (Wildman–Crippen MR) is 228 cm³/mol. The average Bonchev–Trinajstić information content (AvgIpc) is 1.64. The summed E-state index contributed by atoms with van der Waals surface area (Å²) in [6, 6.07) is -39.0. The molecule has 10 aromatic rings. The van der Waals surface area contributed by atoms with Gasteiger partial charge in [-0.15, -0.1) is 0 Å². The molecular weight excluding hydrogens is 655 g/mol. The summed E-state index contributed by atoms with van der Waals surface area (Å²) in [5, 5.41) is -2.82. The van der Waals surface area contributed by atoms with Crippen LogP contribution in [0.5, 0.6) is 0 Å². The SMILES string of the molecule is [2H]c1c([2H])c([2H])c(-c2c([2H])c([2H])c(-c3c(N(c4c([2H])c([2H])c(-c5c([2H])c([2H])c([2H])c([2H])c5[2H])c([2H])c4[2H])c4c([2H])c([2H])c(-c5c([2H])c([2H])c([2H])c([2H])c5[2H])c([2H])c4[2H])c([2H])c4c(oc5c6c([2H])c([2H])c([2H])c([2H])c6c([2H])c([2H])c54)c3[2H])c([2H])c2[2H])c([2H])c1[2H]. The van der Waals surface area contributed by atoms with Crippen LogP contribution in [0, 0.1) is 0 Å². The van der Waals surface area contributed by atoms with Crippen molar-refractivity contribution in [2.45, 2.75) is 0 Å². The standard InChI is InChI=1S/C52H35NO/c1-4-12-36(13-5-1)39-20-22-43(23-21-39)48-35-51-49(47-33-28-42-18-10-11-19-46(42)52(47)54-51)34-50(48)53(44-29-24-40(25-30-44)37-14-6-2-7-15-37)45-31-26-41(27-32-45)38-16-8-3-9-17-38/h1-35H/i1D,2D,3D,4D,5D,6D,7D,8D,9D,10D,11D,12D,13D,14D,15D,16D,17D,18D,19D,20D,21D,22D,23D,24D,25D,26D,27D,28D,29D,30D,31D,32D,33D,34D,35D. The summed E-state index contributed by atoms with van der Waals surface area (Å²) in [7, 11) is 0. The van der Waals surface area contributed by atoms with Crippen LogP contribution < -0.4 is 4.90 Å². The second-order valence-electron chi connectivity index (χ2n) is 11.0. The molecule has 0 fully saturated rings. The number of furan rings is 1. The summed E-state index contributed by atoms with van der Waals surface area (Å²) in [5.41, 5.74) is -13.6. The Morgan fingerprint density at radius 2 is 0.796 bits per heavy atom. The van der Waals surface area contributed by atoms with E-state index in [2.05, 4.69) is 0 Å². The van der Waals surface area contributed by atoms with E-state index in [9.17, 15) is 20.6 Å². The van der Waals surface area contributed by atoms with Crippen LogP contribution in [0.1, 0.15) is 48.0 Å². The van der Waals surface area contributed by atoms with Gasteiger partial charge in [-0.2, -0.15) is 0 Å². The summed E-state index contributed by atoms with van der Waals surface area (Å²) in [5.74, 6) is 0. The Morgan fingerprint density at radius 3 is 1.33 bits per heavy atom. The highest BCUT2D eigenvalue weighted by Crippen LogP contribution is 2.46. The Bertz CT molecular complexity index is 4660. The molecule has 254 valence electrons. The van der Waals surface area contributed by atoms with Gasteiger partial charge < -0.3 is 9.32 Å². The van der Waals surface area contributed by atoms with Crippen LogP contribution in [0.15, 0.2) is 216 Å². The molecule has 54 heavy (non-hydrogen) atoms. The Balaban J connectivity index is 1.51. The molecule has 0 saturated heterocycles. The van der Waals surface area contributed by atoms with Crippen LogP contribution in [0.25, 0.3) is 77.2 Å². The molecule has 0 aliphatic carbocycles. The predicted octanol–water partition coefficient (Wildman–Crippen LogP) is 14.9. The molecular formula is C52H35NO. The number of hydrogen-bond donors (Lipinski definition) is 0. The van der Waals surface area contributed by atoms with E-state index in [0.29, 0.717) is 0 Å². The molecule has 9 aromatic carbocycles. The lowest BCUT2D eigenvalue weighted by Crippen LogP contribution is -2.11. The van der Waals surface area contributed by atoms with Gasteiger partial charge in [-0.25, -0.2) is 0 Å². The van der Waals surface area contributed by atoms with Crippen molar-refractivity contribution >= 4 is 49.8 Å². The average molecular weight is 725 g/mol. The van der Waals surface area contributed by atoms with Gasteiger partial charge in [0.1, 0.15) is 11.2 Å². The minimum absolute atomic E-state index is 0.251. The maximum atomic E-state index is 10.4. The van der Waals surface area contributed by atoms with Gasteiger partial charge in [0.25, 0.3) is 0 Å². The largest absolute Gasteiger partial charge is 0.455 e. The van der Waals surface area contributed by atoms with Crippen molar-refractivity contribution in [1.29, 1.82) is 0 Å². The molecule has 0 aliphatic rings. The van der Waals surface area contributed by atoms with E-state index in [-0.39, 0.29) is 4.90 Å². The van der Waals surface area contributed by atoms with Crippen molar-refractivity contribution in [2.24, 2.45) is 0 Å². The third kappa shape index (κ3) is 5.71. The second kappa shape index (κ2) is 13.4. The normalized spacial score (nSPS) is 20.4. The van der Waals surface area contributed by atoms with Gasteiger partial charge in [0.05, 0.1) is 53.7 Å². The first-order chi connectivity index (χ1) is 41.4. The molecule has 1 heterocycles. The maximum absolute atomic E-state index is 10.4. The molecule has 0 aliphatic heterocycles. The number of hydrogen-bond acceptors (Lipinski definition) is 2. The Morgan fingerprint density at radius 1 is 0.352 bits per heavy atom. The minimum atomic E-state index is -1.40. The van der Waals surface area contributed by atoms with E-state index < -0.39 is 306 Å². The number of rotatable bonds is 7. The summed E-state index contributed by atoms with van der Waals surface area (Å²) in [6.07, 6.45) is 0. The molecule has 1 aromatic heterocycles.